The van der Waals surface area contributed by atoms with Gasteiger partial charge in [0.2, 0.25) is 0 Å². The van der Waals surface area contributed by atoms with Crippen LogP contribution in [-0.4, -0.2) is 24.9 Å². The second-order valence-corrected chi connectivity index (χ2v) is 6.38. The van der Waals surface area contributed by atoms with E-state index >= 15 is 0 Å². The Hall–Kier alpha value is -1.67. The molecular weight excluding hydrogens is 284 g/mol. The third-order valence-electron chi connectivity index (χ3n) is 2.96. The number of carbonyl (C=O) groups is 1. The minimum absolute atomic E-state index is 0.305. The maximum absolute atomic E-state index is 11.9. The molecule has 1 rings (SSSR count). The molecule has 0 heterocycles. The molecule has 0 amide bonds. The lowest BCUT2D eigenvalue weighted by molar-refractivity contribution is -0.141. The molecule has 1 aromatic carbocycles. The van der Waals surface area contributed by atoms with Gasteiger partial charge in [0.25, 0.3) is 0 Å². The lowest BCUT2D eigenvalue weighted by atomic mass is 10.0. The summed E-state index contributed by atoms with van der Waals surface area (Å²) in [6, 6.07) is 7.43. The van der Waals surface area contributed by atoms with Crippen molar-refractivity contribution in [1.82, 2.24) is 0 Å². The summed E-state index contributed by atoms with van der Waals surface area (Å²) < 4.78 is 4.85. The molecule has 1 N–H and O–H groups in total. The number of esters is 1. The first kappa shape index (κ1) is 17.4. The van der Waals surface area contributed by atoms with Gasteiger partial charge in [0, 0.05) is 4.90 Å². The molecule has 1 unspecified atom stereocenters. The van der Waals surface area contributed by atoms with E-state index in [0.29, 0.717) is 23.6 Å². The maximum Gasteiger partial charge on any atom is 0.328 e. The summed E-state index contributed by atoms with van der Waals surface area (Å²) >= 11 is 1.62. The minimum Gasteiger partial charge on any atom is -0.467 e. The number of methoxy groups -OCH3 is 1. The standard InChI is InChI=1S/C16H22N2O2S/c1-5-21-15-8-6-7-13(12(15)10-17)18-14(9-11(2)3)16(19)20-4/h6-8,11,14,18H,5,9H2,1-4H3. The molecule has 0 aliphatic heterocycles. The quantitative estimate of drug-likeness (QED) is 0.615. The highest BCUT2D eigenvalue weighted by Gasteiger charge is 2.22. The molecule has 0 fully saturated rings. The van der Waals surface area contributed by atoms with E-state index in [1.165, 1.54) is 7.11 Å². The van der Waals surface area contributed by atoms with Gasteiger partial charge in [0.15, 0.2) is 0 Å². The van der Waals surface area contributed by atoms with Crippen LogP contribution in [0.4, 0.5) is 5.69 Å². The summed E-state index contributed by atoms with van der Waals surface area (Å²) in [6.45, 7) is 6.14. The number of benzene rings is 1. The first-order valence-electron chi connectivity index (χ1n) is 7.03. The number of ether oxygens (including phenoxy) is 1. The van der Waals surface area contributed by atoms with Gasteiger partial charge in [-0.2, -0.15) is 5.26 Å². The molecule has 1 atom stereocenters. The monoisotopic (exact) mass is 306 g/mol. The number of nitrogens with zero attached hydrogens (tertiary/aromatic N) is 1. The SMILES string of the molecule is CCSc1cccc(NC(CC(C)C)C(=O)OC)c1C#N. The van der Waals surface area contributed by atoms with Crippen molar-refractivity contribution in [2.45, 2.75) is 38.1 Å². The number of carbonyl (C=O) groups excluding carboxylic acids is 1. The summed E-state index contributed by atoms with van der Waals surface area (Å²) in [6.07, 6.45) is 0.655. The zero-order valence-corrected chi connectivity index (χ0v) is 13.8. The van der Waals surface area contributed by atoms with E-state index in [9.17, 15) is 10.1 Å². The van der Waals surface area contributed by atoms with Crippen LogP contribution in [-0.2, 0) is 9.53 Å². The van der Waals surface area contributed by atoms with E-state index < -0.39 is 6.04 Å². The molecule has 4 nitrogen and oxygen atoms in total. The van der Waals surface area contributed by atoms with Crippen molar-refractivity contribution in [3.8, 4) is 6.07 Å². The van der Waals surface area contributed by atoms with Gasteiger partial charge < -0.3 is 10.1 Å². The van der Waals surface area contributed by atoms with Crippen LogP contribution in [0, 0.1) is 17.2 Å². The van der Waals surface area contributed by atoms with Gasteiger partial charge in [0.05, 0.1) is 18.4 Å². The summed E-state index contributed by atoms with van der Waals surface area (Å²) in [7, 11) is 1.38. The summed E-state index contributed by atoms with van der Waals surface area (Å²) in [5.74, 6) is 0.936. The van der Waals surface area contributed by atoms with E-state index in [1.807, 2.05) is 39.0 Å². The molecule has 0 aliphatic rings. The summed E-state index contributed by atoms with van der Waals surface area (Å²) in [4.78, 5) is 12.8. The number of nitrogens with one attached hydrogen (secondary N) is 1. The molecule has 0 saturated heterocycles. The number of anilines is 1. The highest BCUT2D eigenvalue weighted by Crippen LogP contribution is 2.28. The van der Waals surface area contributed by atoms with Crippen LogP contribution in [0.15, 0.2) is 23.1 Å². The van der Waals surface area contributed by atoms with Crippen LogP contribution in [0.2, 0.25) is 0 Å². The molecule has 0 saturated carbocycles. The molecule has 5 heteroatoms. The van der Waals surface area contributed by atoms with E-state index in [0.717, 1.165) is 10.6 Å². The number of hydrogen-bond acceptors (Lipinski definition) is 5. The van der Waals surface area contributed by atoms with E-state index in [4.69, 9.17) is 4.74 Å². The molecule has 0 aliphatic carbocycles. The van der Waals surface area contributed by atoms with Gasteiger partial charge in [-0.25, -0.2) is 4.79 Å². The largest absolute Gasteiger partial charge is 0.467 e. The molecule has 0 aromatic heterocycles. The van der Waals surface area contributed by atoms with Crippen LogP contribution >= 0.6 is 11.8 Å². The van der Waals surface area contributed by atoms with Crippen molar-refractivity contribution in [2.75, 3.05) is 18.2 Å². The van der Waals surface area contributed by atoms with Gasteiger partial charge in [0.1, 0.15) is 12.1 Å². The molecular formula is C16H22N2O2S. The van der Waals surface area contributed by atoms with Gasteiger partial charge in [-0.3, -0.25) is 0 Å². The predicted molar refractivity (Wildman–Crippen MR) is 86.4 cm³/mol. The third-order valence-corrected chi connectivity index (χ3v) is 3.90. The van der Waals surface area contributed by atoms with Gasteiger partial charge in [-0.05, 0) is 30.2 Å². The molecule has 0 radical (unpaired) electrons. The van der Waals surface area contributed by atoms with Crippen molar-refractivity contribution >= 4 is 23.4 Å². The second kappa shape index (κ2) is 8.58. The van der Waals surface area contributed by atoms with Crippen molar-refractivity contribution in [3.05, 3.63) is 23.8 Å². The highest BCUT2D eigenvalue weighted by atomic mass is 32.2. The number of hydrogen-bond donors (Lipinski definition) is 1. The van der Waals surface area contributed by atoms with Gasteiger partial charge >= 0.3 is 5.97 Å². The fourth-order valence-corrected chi connectivity index (χ4v) is 2.84. The third kappa shape index (κ3) is 4.98. The number of rotatable bonds is 7. The Labute approximate surface area is 130 Å². The van der Waals surface area contributed by atoms with Crippen LogP contribution in [0.1, 0.15) is 32.8 Å². The lowest BCUT2D eigenvalue weighted by Gasteiger charge is -2.20. The van der Waals surface area contributed by atoms with Gasteiger partial charge in [-0.1, -0.05) is 26.8 Å². The smallest absolute Gasteiger partial charge is 0.328 e. The number of thioether (sulfide) groups is 1. The van der Waals surface area contributed by atoms with E-state index in [2.05, 4.69) is 11.4 Å². The van der Waals surface area contributed by atoms with Crippen molar-refractivity contribution in [2.24, 2.45) is 5.92 Å². The Kier molecular flexibility index (Phi) is 7.10. The van der Waals surface area contributed by atoms with Crippen LogP contribution in [0.25, 0.3) is 0 Å². The second-order valence-electron chi connectivity index (χ2n) is 5.07. The Morgan fingerprint density at radius 2 is 2.19 bits per heavy atom. The Morgan fingerprint density at radius 3 is 2.71 bits per heavy atom. The minimum atomic E-state index is -0.441. The Morgan fingerprint density at radius 1 is 1.48 bits per heavy atom. The summed E-state index contributed by atoms with van der Waals surface area (Å²) in [5, 5.41) is 12.6. The van der Waals surface area contributed by atoms with Crippen LogP contribution in [0.3, 0.4) is 0 Å². The normalized spacial score (nSPS) is 11.8. The van der Waals surface area contributed by atoms with Crippen LogP contribution < -0.4 is 5.32 Å². The zero-order valence-electron chi connectivity index (χ0n) is 13.0. The summed E-state index contributed by atoms with van der Waals surface area (Å²) in [5.41, 5.74) is 1.27. The predicted octanol–water partition coefficient (Wildman–Crippen LogP) is 3.67. The fourth-order valence-electron chi connectivity index (χ4n) is 2.06. The first-order chi connectivity index (χ1) is 10.0. The fraction of sp³-hybridized carbons (Fsp3) is 0.500. The topological polar surface area (TPSA) is 62.1 Å². The average Bonchev–Trinajstić information content (AvgIpc) is 2.46. The molecule has 114 valence electrons. The highest BCUT2D eigenvalue weighted by molar-refractivity contribution is 7.99. The molecule has 0 bridgehead atoms. The van der Waals surface area contributed by atoms with Crippen molar-refractivity contribution < 1.29 is 9.53 Å². The maximum atomic E-state index is 11.9. The first-order valence-corrected chi connectivity index (χ1v) is 8.02. The molecule has 0 spiro atoms. The van der Waals surface area contributed by atoms with Gasteiger partial charge in [-0.15, -0.1) is 11.8 Å². The Balaban J connectivity index is 3.06. The Bertz CT molecular complexity index is 523. The van der Waals surface area contributed by atoms with Crippen molar-refractivity contribution in [3.63, 3.8) is 0 Å². The van der Waals surface area contributed by atoms with E-state index in [1.54, 1.807) is 11.8 Å². The van der Waals surface area contributed by atoms with E-state index in [-0.39, 0.29) is 5.97 Å². The van der Waals surface area contributed by atoms with Crippen molar-refractivity contribution in [1.29, 1.82) is 5.26 Å². The number of nitriles is 1. The molecule has 1 aromatic rings. The zero-order chi connectivity index (χ0) is 15.8. The van der Waals surface area contributed by atoms with Crippen LogP contribution in [0.5, 0.6) is 0 Å². The molecule has 21 heavy (non-hydrogen) atoms. The lowest BCUT2D eigenvalue weighted by Crippen LogP contribution is -2.32. The average molecular weight is 306 g/mol.